The number of pyridine rings is 1. The molecule has 1 aliphatic heterocycles. The van der Waals surface area contributed by atoms with Gasteiger partial charge in [-0.05, 0) is 25.0 Å². The van der Waals surface area contributed by atoms with E-state index in [4.69, 9.17) is 9.47 Å². The Morgan fingerprint density at radius 1 is 1.33 bits per heavy atom. The van der Waals surface area contributed by atoms with Crippen LogP contribution in [-0.4, -0.2) is 31.0 Å². The topological polar surface area (TPSA) is 102 Å². The molecule has 0 atom stereocenters. The first-order chi connectivity index (χ1) is 13.0. The highest BCUT2D eigenvalue weighted by atomic mass is 19.1. The Morgan fingerprint density at radius 3 is 2.78 bits per heavy atom. The minimum absolute atomic E-state index is 0.0738. The number of anilines is 3. The number of hydrogen-bond donors (Lipinski definition) is 3. The van der Waals surface area contributed by atoms with E-state index in [1.807, 2.05) is 0 Å². The molecule has 2 heterocycles. The molecule has 1 fully saturated rings. The van der Waals surface area contributed by atoms with E-state index in [0.717, 1.165) is 12.8 Å². The molecule has 1 aromatic carbocycles. The van der Waals surface area contributed by atoms with Gasteiger partial charge in [0.25, 0.3) is 5.91 Å². The summed E-state index contributed by atoms with van der Waals surface area (Å²) in [5.74, 6) is -1.19. The first-order valence-electron chi connectivity index (χ1n) is 8.41. The lowest BCUT2D eigenvalue weighted by molar-refractivity contribution is -0.117. The number of carbonyl (C=O) groups excluding carboxylic acids is 2. The molecule has 0 unspecified atom stereocenters. The van der Waals surface area contributed by atoms with Gasteiger partial charge in [0.05, 0.1) is 7.11 Å². The van der Waals surface area contributed by atoms with Crippen LogP contribution in [0, 0.1) is 11.9 Å². The van der Waals surface area contributed by atoms with Crippen LogP contribution in [0.2, 0.25) is 0 Å². The zero-order chi connectivity index (χ0) is 19.1. The van der Waals surface area contributed by atoms with E-state index < -0.39 is 11.9 Å². The lowest BCUT2D eigenvalue weighted by Gasteiger charge is -2.26. The molecule has 0 radical (unpaired) electrons. The van der Waals surface area contributed by atoms with Crippen molar-refractivity contribution in [3.8, 4) is 17.2 Å². The highest BCUT2D eigenvalue weighted by Gasteiger charge is 2.34. The van der Waals surface area contributed by atoms with Gasteiger partial charge < -0.3 is 25.4 Å². The van der Waals surface area contributed by atoms with Gasteiger partial charge in [-0.15, -0.1) is 0 Å². The summed E-state index contributed by atoms with van der Waals surface area (Å²) < 4.78 is 25.8. The minimum atomic E-state index is -1.02. The van der Waals surface area contributed by atoms with Crippen molar-refractivity contribution in [3.05, 3.63) is 29.7 Å². The normalized spacial score (nSPS) is 14.2. The maximum atomic E-state index is 14.7. The molecule has 0 spiro atoms. The molecule has 0 bridgehead atoms. The van der Waals surface area contributed by atoms with Crippen molar-refractivity contribution < 1.29 is 23.5 Å². The van der Waals surface area contributed by atoms with E-state index in [1.165, 1.54) is 14.2 Å². The molecule has 4 rings (SSSR count). The van der Waals surface area contributed by atoms with Gasteiger partial charge in [-0.1, -0.05) is 6.07 Å². The quantitative estimate of drug-likeness (QED) is 0.609. The molecule has 1 saturated carbocycles. The second kappa shape index (κ2) is 6.42. The number of ether oxygens (including phenoxy) is 2. The number of fused-ring (bicyclic) bond motifs is 2. The molecule has 2 aliphatic rings. The van der Waals surface area contributed by atoms with Crippen LogP contribution < -0.4 is 25.4 Å². The maximum absolute atomic E-state index is 14.7. The fourth-order valence-electron chi connectivity index (χ4n) is 2.86. The standard InChI is InChI=1S/C18H17FN4O4/c1-20-18(25)11-13-14(16(22-15(11)19)23-17(24)8-6-7-8)27-10-5-3-4-9(26-2)12(10)21-13/h3-5,8,21H,6-7H2,1-2H3,(H,20,25)(H,22,23,24). The number of halogens is 1. The summed E-state index contributed by atoms with van der Waals surface area (Å²) in [5, 5.41) is 7.98. The number of carbonyl (C=O) groups is 2. The molecule has 2 aromatic rings. The molecule has 1 aromatic heterocycles. The molecular weight excluding hydrogens is 355 g/mol. The third-order valence-corrected chi connectivity index (χ3v) is 4.42. The summed E-state index contributed by atoms with van der Waals surface area (Å²) in [7, 11) is 2.87. The van der Waals surface area contributed by atoms with Crippen LogP contribution in [0.25, 0.3) is 0 Å². The Hall–Kier alpha value is -3.36. The van der Waals surface area contributed by atoms with Gasteiger partial charge >= 0.3 is 0 Å². The number of para-hydroxylation sites is 1. The fraction of sp³-hybridized carbons (Fsp3) is 0.278. The first-order valence-corrected chi connectivity index (χ1v) is 8.41. The van der Waals surface area contributed by atoms with Crippen molar-refractivity contribution in [1.82, 2.24) is 10.3 Å². The summed E-state index contributed by atoms with van der Waals surface area (Å²) in [5.41, 5.74) is 0.209. The van der Waals surface area contributed by atoms with Crippen LogP contribution in [0.3, 0.4) is 0 Å². The molecule has 27 heavy (non-hydrogen) atoms. The molecule has 9 heteroatoms. The number of aromatic nitrogens is 1. The van der Waals surface area contributed by atoms with Crippen molar-refractivity contribution >= 4 is 29.0 Å². The average molecular weight is 372 g/mol. The number of rotatable bonds is 4. The minimum Gasteiger partial charge on any atom is -0.494 e. The lowest BCUT2D eigenvalue weighted by atomic mass is 10.1. The molecule has 8 nitrogen and oxygen atoms in total. The number of methoxy groups -OCH3 is 1. The monoisotopic (exact) mass is 372 g/mol. The zero-order valence-corrected chi connectivity index (χ0v) is 14.7. The number of benzene rings is 1. The summed E-state index contributed by atoms with van der Waals surface area (Å²) in [6.07, 6.45) is 1.57. The van der Waals surface area contributed by atoms with Crippen LogP contribution in [0.1, 0.15) is 23.2 Å². The van der Waals surface area contributed by atoms with Crippen LogP contribution in [0.15, 0.2) is 18.2 Å². The van der Waals surface area contributed by atoms with E-state index in [-0.39, 0.29) is 34.6 Å². The van der Waals surface area contributed by atoms with Crippen LogP contribution >= 0.6 is 0 Å². The molecular formula is C18H17FN4O4. The first kappa shape index (κ1) is 17.1. The third kappa shape index (κ3) is 2.90. The van der Waals surface area contributed by atoms with Crippen molar-refractivity contribution in [2.75, 3.05) is 24.8 Å². The highest BCUT2D eigenvalue weighted by molar-refractivity contribution is 6.05. The summed E-state index contributed by atoms with van der Waals surface area (Å²) in [6, 6.07) is 5.11. The molecule has 140 valence electrons. The summed E-state index contributed by atoms with van der Waals surface area (Å²) in [6.45, 7) is 0. The van der Waals surface area contributed by atoms with Gasteiger partial charge in [-0.25, -0.2) is 0 Å². The van der Waals surface area contributed by atoms with E-state index in [1.54, 1.807) is 18.2 Å². The van der Waals surface area contributed by atoms with Crippen molar-refractivity contribution in [2.24, 2.45) is 5.92 Å². The van der Waals surface area contributed by atoms with Crippen LogP contribution in [-0.2, 0) is 4.79 Å². The Kier molecular flexibility index (Phi) is 4.06. The predicted molar refractivity (Wildman–Crippen MR) is 95.3 cm³/mol. The summed E-state index contributed by atoms with van der Waals surface area (Å²) in [4.78, 5) is 28.1. The van der Waals surface area contributed by atoms with E-state index >= 15 is 0 Å². The third-order valence-electron chi connectivity index (χ3n) is 4.42. The number of hydrogen-bond acceptors (Lipinski definition) is 6. The predicted octanol–water partition coefficient (Wildman–Crippen LogP) is 2.79. The smallest absolute Gasteiger partial charge is 0.257 e. The van der Waals surface area contributed by atoms with Crippen molar-refractivity contribution in [2.45, 2.75) is 12.8 Å². The Labute approximate surface area is 154 Å². The summed E-state index contributed by atoms with van der Waals surface area (Å²) >= 11 is 0. The Morgan fingerprint density at radius 2 is 2.11 bits per heavy atom. The van der Waals surface area contributed by atoms with E-state index in [0.29, 0.717) is 17.2 Å². The molecule has 3 N–H and O–H groups in total. The van der Waals surface area contributed by atoms with E-state index in [9.17, 15) is 14.0 Å². The van der Waals surface area contributed by atoms with Crippen LogP contribution in [0.5, 0.6) is 17.2 Å². The largest absolute Gasteiger partial charge is 0.494 e. The van der Waals surface area contributed by atoms with Gasteiger partial charge in [0.15, 0.2) is 17.3 Å². The maximum Gasteiger partial charge on any atom is 0.257 e. The Bertz CT molecular complexity index is 959. The number of nitrogens with zero attached hydrogens (tertiary/aromatic N) is 1. The van der Waals surface area contributed by atoms with Crippen molar-refractivity contribution in [3.63, 3.8) is 0 Å². The average Bonchev–Trinajstić information content (AvgIpc) is 3.51. The van der Waals surface area contributed by atoms with E-state index in [2.05, 4.69) is 20.9 Å². The molecule has 0 saturated heterocycles. The fourth-order valence-corrected chi connectivity index (χ4v) is 2.86. The van der Waals surface area contributed by atoms with Gasteiger partial charge in [0, 0.05) is 13.0 Å². The number of nitrogens with one attached hydrogen (secondary N) is 3. The van der Waals surface area contributed by atoms with Crippen molar-refractivity contribution in [1.29, 1.82) is 0 Å². The van der Waals surface area contributed by atoms with Crippen LogP contribution in [0.4, 0.5) is 21.6 Å². The SMILES string of the molecule is CNC(=O)c1c(F)nc(NC(=O)C2CC2)c2c1Nc1c(OC)cccc1O2. The van der Waals surface area contributed by atoms with Gasteiger partial charge in [-0.3, -0.25) is 9.59 Å². The van der Waals surface area contributed by atoms with Gasteiger partial charge in [-0.2, -0.15) is 9.37 Å². The second-order valence-corrected chi connectivity index (χ2v) is 6.23. The molecule has 2 amide bonds. The lowest BCUT2D eigenvalue weighted by Crippen LogP contribution is -2.24. The second-order valence-electron chi connectivity index (χ2n) is 6.23. The highest BCUT2D eigenvalue weighted by Crippen LogP contribution is 2.50. The Balaban J connectivity index is 1.85. The number of amides is 2. The van der Waals surface area contributed by atoms with Gasteiger partial charge in [0.1, 0.15) is 22.7 Å². The van der Waals surface area contributed by atoms with Gasteiger partial charge in [0.2, 0.25) is 11.9 Å². The molecule has 1 aliphatic carbocycles. The zero-order valence-electron chi connectivity index (χ0n) is 14.7.